The Morgan fingerprint density at radius 1 is 1.26 bits per heavy atom. The molecule has 0 atom stereocenters. The van der Waals surface area contributed by atoms with Crippen molar-refractivity contribution in [2.45, 2.75) is 0 Å². The Morgan fingerprint density at radius 3 is 2.74 bits per heavy atom. The monoisotopic (exact) mass is 255 g/mol. The van der Waals surface area contributed by atoms with E-state index in [-0.39, 0.29) is 11.5 Å². The highest BCUT2D eigenvalue weighted by atomic mass is 16.6. The van der Waals surface area contributed by atoms with Gasteiger partial charge in [-0.15, -0.1) is 4.74 Å². The molecule has 5 heteroatoms. The molecule has 0 radical (unpaired) electrons. The van der Waals surface area contributed by atoms with Crippen LogP contribution < -0.4 is 10.6 Å². The number of hydrogen-bond donors (Lipinski definition) is 2. The predicted octanol–water partition coefficient (Wildman–Crippen LogP) is 0.334. The highest BCUT2D eigenvalue weighted by Crippen LogP contribution is 2.25. The van der Waals surface area contributed by atoms with Gasteiger partial charge in [-0.05, 0) is 5.56 Å². The largest absolute Gasteiger partial charge is 0.479 e. The number of nitrogens with zero attached hydrogens (tertiary/aromatic N) is 1. The Balaban J connectivity index is 2.12. The minimum Gasteiger partial charge on any atom is -0.479 e. The predicted molar refractivity (Wildman–Crippen MR) is 70.5 cm³/mol. The first kappa shape index (κ1) is 11.3. The Labute approximate surface area is 108 Å². The molecule has 0 bridgehead atoms. The third-order valence-electron chi connectivity index (χ3n) is 2.75. The van der Waals surface area contributed by atoms with E-state index in [2.05, 4.69) is 4.99 Å². The summed E-state index contributed by atoms with van der Waals surface area (Å²) in [6.07, 6.45) is 6.80. The molecular weight excluding hydrogens is 244 g/mol. The van der Waals surface area contributed by atoms with Crippen molar-refractivity contribution in [2.75, 3.05) is 0 Å². The third kappa shape index (κ3) is 2.01. The van der Waals surface area contributed by atoms with Gasteiger partial charge in [0.05, 0.1) is 0 Å². The Hall–Kier alpha value is -2.82. The van der Waals surface area contributed by atoms with E-state index in [9.17, 15) is 9.90 Å². The van der Waals surface area contributed by atoms with Crippen LogP contribution in [0.5, 0.6) is 5.95 Å². The molecule has 1 aliphatic rings. The van der Waals surface area contributed by atoms with E-state index < -0.39 is 5.56 Å². The minimum atomic E-state index is -0.404. The van der Waals surface area contributed by atoms with Crippen LogP contribution in [0.4, 0.5) is 0 Å². The molecule has 1 aromatic carbocycles. The molecule has 2 heterocycles. The number of hydrogen-bond acceptors (Lipinski definition) is 3. The number of aromatic nitrogens is 1. The Morgan fingerprint density at radius 2 is 2.05 bits per heavy atom. The molecule has 0 saturated heterocycles. The smallest absolute Gasteiger partial charge is 0.318 e. The zero-order chi connectivity index (χ0) is 13.2. The molecule has 1 aliphatic heterocycles. The first-order valence-corrected chi connectivity index (χ1v) is 5.74. The summed E-state index contributed by atoms with van der Waals surface area (Å²) in [5, 5.41) is 9.78. The first-order valence-electron chi connectivity index (χ1n) is 5.74. The van der Waals surface area contributed by atoms with E-state index in [4.69, 9.17) is 4.52 Å². The van der Waals surface area contributed by atoms with Gasteiger partial charge in [0.15, 0.2) is 6.21 Å². The fourth-order valence-electron chi connectivity index (χ4n) is 1.87. The van der Waals surface area contributed by atoms with Gasteiger partial charge in [0.2, 0.25) is 5.70 Å². The Bertz CT molecular complexity index is 735. The van der Waals surface area contributed by atoms with Gasteiger partial charge in [0, 0.05) is 12.2 Å². The average molecular weight is 255 g/mol. The molecule has 2 aromatic rings. The van der Waals surface area contributed by atoms with Crippen molar-refractivity contribution in [3.8, 4) is 17.1 Å². The van der Waals surface area contributed by atoms with Gasteiger partial charge in [-0.2, -0.15) is 0 Å². The van der Waals surface area contributed by atoms with Crippen LogP contribution in [0.2, 0.25) is 0 Å². The van der Waals surface area contributed by atoms with Crippen molar-refractivity contribution < 1.29 is 14.6 Å². The van der Waals surface area contributed by atoms with Crippen molar-refractivity contribution in [1.29, 1.82) is 0 Å². The van der Waals surface area contributed by atoms with Gasteiger partial charge >= 0.3 is 5.95 Å². The van der Waals surface area contributed by atoms with E-state index in [1.165, 1.54) is 6.20 Å². The fraction of sp³-hybridized carbons (Fsp3) is 0. The maximum absolute atomic E-state index is 12.2. The molecule has 0 spiro atoms. The lowest BCUT2D eigenvalue weighted by Crippen LogP contribution is -2.63. The van der Waals surface area contributed by atoms with Crippen molar-refractivity contribution >= 4 is 12.4 Å². The number of aromatic hydroxyl groups is 1. The van der Waals surface area contributed by atoms with Crippen molar-refractivity contribution in [3.63, 3.8) is 0 Å². The summed E-state index contributed by atoms with van der Waals surface area (Å²) in [5.41, 5.74) is 1.07. The van der Waals surface area contributed by atoms with Gasteiger partial charge in [-0.1, -0.05) is 30.3 Å². The molecule has 0 amide bonds. The van der Waals surface area contributed by atoms with Crippen LogP contribution >= 0.6 is 0 Å². The number of rotatable bonds is 2. The second kappa shape index (κ2) is 4.45. The summed E-state index contributed by atoms with van der Waals surface area (Å²) in [7, 11) is 0. The molecule has 0 fully saturated rings. The van der Waals surface area contributed by atoms with Crippen LogP contribution in [0, 0.1) is 0 Å². The molecule has 0 unspecified atom stereocenters. The Kier molecular flexibility index (Phi) is 2.64. The zero-order valence-electron chi connectivity index (χ0n) is 9.91. The standard InChI is InChI=1S/C14H10N2O3/c17-13-12(10-5-2-1-3-6-10)14(18)19-16(13)9-11-7-4-8-15-11/h1-9,18H/p+1/b11-9+. The maximum atomic E-state index is 12.2. The molecule has 94 valence electrons. The second-order valence-electron chi connectivity index (χ2n) is 4.02. The average Bonchev–Trinajstić information content (AvgIpc) is 3.01. The second-order valence-corrected chi connectivity index (χ2v) is 4.02. The number of benzene rings is 1. The van der Waals surface area contributed by atoms with Gasteiger partial charge in [-0.3, -0.25) is 4.79 Å². The maximum Gasteiger partial charge on any atom is 0.318 e. The topological polar surface area (TPSA) is 69.3 Å². The fourth-order valence-corrected chi connectivity index (χ4v) is 1.87. The molecule has 0 saturated carbocycles. The van der Waals surface area contributed by atoms with Crippen LogP contribution in [0.3, 0.4) is 0 Å². The zero-order valence-corrected chi connectivity index (χ0v) is 9.91. The van der Waals surface area contributed by atoms with Gasteiger partial charge in [-0.25, -0.2) is 4.99 Å². The van der Waals surface area contributed by atoms with Gasteiger partial charge in [0.1, 0.15) is 11.8 Å². The van der Waals surface area contributed by atoms with Crippen LogP contribution in [-0.4, -0.2) is 16.1 Å². The van der Waals surface area contributed by atoms with E-state index in [1.54, 1.807) is 42.6 Å². The lowest BCUT2D eigenvalue weighted by atomic mass is 10.1. The SMILES string of the molecule is O=c1c(-c2ccccc2)c(O)on1/C=C1\C=CC=[NH+]1. The van der Waals surface area contributed by atoms with E-state index in [1.807, 2.05) is 6.07 Å². The molecule has 2 N–H and O–H groups in total. The number of nitrogens with one attached hydrogen (secondary N) is 1. The van der Waals surface area contributed by atoms with Crippen LogP contribution in [0.15, 0.2) is 57.5 Å². The summed E-state index contributed by atoms with van der Waals surface area (Å²) in [4.78, 5) is 15.1. The van der Waals surface area contributed by atoms with E-state index in [0.717, 1.165) is 4.74 Å². The van der Waals surface area contributed by atoms with Crippen LogP contribution in [0.1, 0.15) is 0 Å². The first-order chi connectivity index (χ1) is 9.25. The van der Waals surface area contributed by atoms with Crippen LogP contribution in [-0.2, 0) is 0 Å². The summed E-state index contributed by atoms with van der Waals surface area (Å²) in [6, 6.07) is 8.90. The van der Waals surface area contributed by atoms with E-state index >= 15 is 0 Å². The van der Waals surface area contributed by atoms with E-state index in [0.29, 0.717) is 11.3 Å². The summed E-state index contributed by atoms with van der Waals surface area (Å²) >= 11 is 0. The minimum absolute atomic E-state index is 0.156. The molecule has 5 nitrogen and oxygen atoms in total. The lowest BCUT2D eigenvalue weighted by molar-refractivity contribution is -0.379. The van der Waals surface area contributed by atoms with Gasteiger partial charge in [0.25, 0.3) is 5.56 Å². The van der Waals surface area contributed by atoms with Crippen molar-refractivity contribution in [1.82, 2.24) is 4.74 Å². The highest BCUT2D eigenvalue weighted by Gasteiger charge is 2.18. The summed E-state index contributed by atoms with van der Waals surface area (Å²) in [5.74, 6) is -0.390. The summed E-state index contributed by atoms with van der Waals surface area (Å²) < 4.78 is 6.06. The van der Waals surface area contributed by atoms with Crippen molar-refractivity contribution in [3.05, 3.63) is 58.5 Å². The highest BCUT2D eigenvalue weighted by molar-refractivity contribution is 5.70. The molecular formula is C14H11N2O3+. The molecule has 0 aliphatic carbocycles. The van der Waals surface area contributed by atoms with Gasteiger partial charge < -0.3 is 9.63 Å². The van der Waals surface area contributed by atoms with Crippen molar-refractivity contribution in [2.24, 2.45) is 0 Å². The lowest BCUT2D eigenvalue weighted by Gasteiger charge is -1.93. The molecule has 19 heavy (non-hydrogen) atoms. The van der Waals surface area contributed by atoms with Crippen LogP contribution in [0.25, 0.3) is 17.3 Å². The third-order valence-corrected chi connectivity index (χ3v) is 2.75. The molecule has 3 rings (SSSR count). The summed E-state index contributed by atoms with van der Waals surface area (Å²) in [6.45, 7) is 0. The molecule has 1 aromatic heterocycles. The normalized spacial score (nSPS) is 15.5. The quantitative estimate of drug-likeness (QED) is 0.812. The number of allylic oxidation sites excluding steroid dienone is 2.